The quantitative estimate of drug-likeness (QED) is 0.722. The molecule has 0 amide bonds. The molecule has 6 heteroatoms. The van der Waals surface area contributed by atoms with E-state index in [0.717, 1.165) is 0 Å². The number of nitrogens with zero attached hydrogens (tertiary/aromatic N) is 2. The third kappa shape index (κ3) is 4.57. The lowest BCUT2D eigenvalue weighted by Gasteiger charge is -2.17. The van der Waals surface area contributed by atoms with E-state index in [-0.39, 0.29) is 12.4 Å². The topological polar surface area (TPSA) is 68.7 Å². The highest BCUT2D eigenvalue weighted by molar-refractivity contribution is 5.89. The van der Waals surface area contributed by atoms with E-state index in [2.05, 4.69) is 9.72 Å². The van der Waals surface area contributed by atoms with E-state index in [1.54, 1.807) is 19.1 Å². The van der Waals surface area contributed by atoms with Gasteiger partial charge in [0.1, 0.15) is 5.82 Å². The number of methoxy groups -OCH3 is 1. The Morgan fingerprint density at radius 2 is 2.11 bits per heavy atom. The first-order valence-electron chi connectivity index (χ1n) is 5.99. The first kappa shape index (κ1) is 14.9. The van der Waals surface area contributed by atoms with E-state index in [0.29, 0.717) is 24.5 Å². The molecular formula is C13H18N2O4. The van der Waals surface area contributed by atoms with Crippen LogP contribution in [0.15, 0.2) is 18.3 Å². The van der Waals surface area contributed by atoms with Crippen molar-refractivity contribution in [2.45, 2.75) is 13.3 Å². The highest BCUT2D eigenvalue weighted by Crippen LogP contribution is 2.11. The van der Waals surface area contributed by atoms with Crippen LogP contribution in [0.2, 0.25) is 0 Å². The predicted molar refractivity (Wildman–Crippen MR) is 70.1 cm³/mol. The van der Waals surface area contributed by atoms with Crippen molar-refractivity contribution >= 4 is 17.8 Å². The number of rotatable bonds is 6. The molecule has 0 unspecified atom stereocenters. The van der Waals surface area contributed by atoms with Gasteiger partial charge in [-0.2, -0.15) is 0 Å². The van der Waals surface area contributed by atoms with Crippen molar-refractivity contribution < 1.29 is 19.1 Å². The van der Waals surface area contributed by atoms with Gasteiger partial charge in [-0.1, -0.05) is 0 Å². The average Bonchev–Trinajstić information content (AvgIpc) is 2.44. The van der Waals surface area contributed by atoms with E-state index in [4.69, 9.17) is 4.74 Å². The molecule has 0 aromatic carbocycles. The summed E-state index contributed by atoms with van der Waals surface area (Å²) in [5.41, 5.74) is 0.409. The maximum absolute atomic E-state index is 11.4. The number of ether oxygens (including phenoxy) is 2. The average molecular weight is 266 g/mol. The minimum atomic E-state index is -0.390. The molecule has 19 heavy (non-hydrogen) atoms. The van der Waals surface area contributed by atoms with Gasteiger partial charge in [0.15, 0.2) is 0 Å². The second-order valence-corrected chi connectivity index (χ2v) is 3.87. The molecular weight excluding hydrogens is 248 g/mol. The summed E-state index contributed by atoms with van der Waals surface area (Å²) >= 11 is 0. The van der Waals surface area contributed by atoms with Crippen LogP contribution in [0.3, 0.4) is 0 Å². The summed E-state index contributed by atoms with van der Waals surface area (Å²) in [6.07, 6.45) is 1.75. The number of aromatic nitrogens is 1. The zero-order valence-electron chi connectivity index (χ0n) is 11.4. The Morgan fingerprint density at radius 1 is 1.37 bits per heavy atom. The molecule has 1 aromatic heterocycles. The van der Waals surface area contributed by atoms with Crippen molar-refractivity contribution in [1.29, 1.82) is 0 Å². The lowest BCUT2D eigenvalue weighted by Crippen LogP contribution is -2.22. The molecule has 0 saturated carbocycles. The molecule has 1 rings (SSSR count). The zero-order valence-corrected chi connectivity index (χ0v) is 11.4. The summed E-state index contributed by atoms with van der Waals surface area (Å²) < 4.78 is 9.43. The van der Waals surface area contributed by atoms with Crippen LogP contribution in [0.25, 0.3) is 0 Å². The molecule has 0 aliphatic carbocycles. The summed E-state index contributed by atoms with van der Waals surface area (Å²) in [5, 5.41) is 0. The molecule has 0 bridgehead atoms. The minimum Gasteiger partial charge on any atom is -0.469 e. The molecule has 0 aliphatic rings. The van der Waals surface area contributed by atoms with Crippen molar-refractivity contribution in [3.8, 4) is 0 Å². The highest BCUT2D eigenvalue weighted by atomic mass is 16.5. The summed E-state index contributed by atoms with van der Waals surface area (Å²) in [6, 6.07) is 3.36. The maximum atomic E-state index is 11.4. The number of esters is 2. The normalized spacial score (nSPS) is 9.84. The van der Waals surface area contributed by atoms with E-state index in [1.807, 2.05) is 11.9 Å². The second kappa shape index (κ2) is 7.35. The van der Waals surface area contributed by atoms with E-state index in [1.165, 1.54) is 13.3 Å². The van der Waals surface area contributed by atoms with Crippen LogP contribution in [0.4, 0.5) is 5.82 Å². The highest BCUT2D eigenvalue weighted by Gasteiger charge is 2.09. The van der Waals surface area contributed by atoms with Gasteiger partial charge >= 0.3 is 11.9 Å². The lowest BCUT2D eigenvalue weighted by atomic mass is 10.3. The smallest absolute Gasteiger partial charge is 0.339 e. The van der Waals surface area contributed by atoms with Gasteiger partial charge in [-0.05, 0) is 19.1 Å². The minimum absolute atomic E-state index is 0.269. The Labute approximate surface area is 112 Å². The van der Waals surface area contributed by atoms with Crippen LogP contribution in [0.5, 0.6) is 0 Å². The van der Waals surface area contributed by atoms with Crippen LogP contribution < -0.4 is 4.90 Å². The fraction of sp³-hybridized carbons (Fsp3) is 0.462. The summed E-state index contributed by atoms with van der Waals surface area (Å²) in [6.45, 7) is 2.58. The molecule has 0 aliphatic heterocycles. The lowest BCUT2D eigenvalue weighted by molar-refractivity contribution is -0.140. The van der Waals surface area contributed by atoms with Gasteiger partial charge in [0.05, 0.1) is 25.7 Å². The summed E-state index contributed by atoms with van der Waals surface area (Å²) in [7, 11) is 3.17. The van der Waals surface area contributed by atoms with Gasteiger partial charge in [-0.15, -0.1) is 0 Å². The number of hydrogen-bond acceptors (Lipinski definition) is 6. The predicted octanol–water partition coefficient (Wildman–Crippen LogP) is 1.26. The molecule has 1 aromatic rings. The van der Waals surface area contributed by atoms with Crippen molar-refractivity contribution in [2.75, 3.05) is 32.2 Å². The van der Waals surface area contributed by atoms with Gasteiger partial charge in [0.25, 0.3) is 0 Å². The summed E-state index contributed by atoms with van der Waals surface area (Å²) in [5.74, 6) is 0.0192. The molecule has 0 saturated heterocycles. The monoisotopic (exact) mass is 266 g/mol. The Bertz CT molecular complexity index is 431. The standard InChI is InChI=1S/C13H18N2O4/c1-4-19-13(17)10-5-6-11(14-9-10)15(2)8-7-12(16)18-3/h5-6,9H,4,7-8H2,1-3H3. The molecule has 1 heterocycles. The second-order valence-electron chi connectivity index (χ2n) is 3.87. The van der Waals surface area contributed by atoms with Crippen LogP contribution in [0, 0.1) is 0 Å². The first-order valence-corrected chi connectivity index (χ1v) is 5.99. The first-order chi connectivity index (χ1) is 9.08. The Morgan fingerprint density at radius 3 is 2.63 bits per heavy atom. The number of anilines is 1. The van der Waals surface area contributed by atoms with Crippen LogP contribution in [-0.2, 0) is 14.3 Å². The van der Waals surface area contributed by atoms with Gasteiger partial charge in [-0.25, -0.2) is 9.78 Å². The Hall–Kier alpha value is -2.11. The van der Waals surface area contributed by atoms with Crippen molar-refractivity contribution in [3.63, 3.8) is 0 Å². The molecule has 6 nitrogen and oxygen atoms in total. The van der Waals surface area contributed by atoms with Crippen molar-refractivity contribution in [3.05, 3.63) is 23.9 Å². The van der Waals surface area contributed by atoms with Crippen LogP contribution >= 0.6 is 0 Å². The zero-order chi connectivity index (χ0) is 14.3. The van der Waals surface area contributed by atoms with Crippen molar-refractivity contribution in [2.24, 2.45) is 0 Å². The number of carbonyl (C=O) groups excluding carboxylic acids is 2. The molecule has 0 N–H and O–H groups in total. The van der Waals surface area contributed by atoms with Gasteiger partial charge < -0.3 is 14.4 Å². The Kier molecular flexibility index (Phi) is 5.78. The Balaban J connectivity index is 2.60. The SMILES string of the molecule is CCOC(=O)c1ccc(N(C)CCC(=O)OC)nc1. The van der Waals surface area contributed by atoms with Gasteiger partial charge in [0, 0.05) is 19.8 Å². The summed E-state index contributed by atoms with van der Waals surface area (Å²) in [4.78, 5) is 28.4. The van der Waals surface area contributed by atoms with Crippen LogP contribution in [-0.4, -0.2) is 44.2 Å². The van der Waals surface area contributed by atoms with Gasteiger partial charge in [0.2, 0.25) is 0 Å². The van der Waals surface area contributed by atoms with Gasteiger partial charge in [-0.3, -0.25) is 4.79 Å². The third-order valence-corrected chi connectivity index (χ3v) is 2.53. The molecule has 0 fully saturated rings. The van der Waals surface area contributed by atoms with E-state index < -0.39 is 5.97 Å². The van der Waals surface area contributed by atoms with E-state index >= 15 is 0 Å². The number of pyridine rings is 1. The number of carbonyl (C=O) groups is 2. The van der Waals surface area contributed by atoms with Crippen molar-refractivity contribution in [1.82, 2.24) is 4.98 Å². The maximum Gasteiger partial charge on any atom is 0.339 e. The largest absolute Gasteiger partial charge is 0.469 e. The molecule has 0 spiro atoms. The fourth-order valence-corrected chi connectivity index (χ4v) is 1.42. The van der Waals surface area contributed by atoms with E-state index in [9.17, 15) is 9.59 Å². The molecule has 104 valence electrons. The van der Waals surface area contributed by atoms with Crippen LogP contribution in [0.1, 0.15) is 23.7 Å². The number of hydrogen-bond donors (Lipinski definition) is 0. The molecule has 0 atom stereocenters. The third-order valence-electron chi connectivity index (χ3n) is 2.53. The fourth-order valence-electron chi connectivity index (χ4n) is 1.42. The molecule has 0 radical (unpaired) electrons.